The molecule has 0 saturated heterocycles. The van der Waals surface area contributed by atoms with Gasteiger partial charge >= 0.3 is 0 Å². The molecule has 0 bridgehead atoms. The number of hydrogen-bond donors (Lipinski definition) is 1. The first kappa shape index (κ1) is 14.0. The number of anilines is 2. The predicted octanol–water partition coefficient (Wildman–Crippen LogP) is 1.60. The number of nitrogens with one attached hydrogen (secondary N) is 1. The molecule has 1 N–H and O–H groups in total. The predicted molar refractivity (Wildman–Crippen MR) is 71.0 cm³/mol. The van der Waals surface area contributed by atoms with Crippen LogP contribution in [-0.4, -0.2) is 49.7 Å². The van der Waals surface area contributed by atoms with Gasteiger partial charge in [-0.1, -0.05) is 0 Å². The molecule has 0 saturated carbocycles. The molecule has 1 rings (SSSR count). The highest BCUT2D eigenvalue weighted by atomic mass is 35.5. The summed E-state index contributed by atoms with van der Waals surface area (Å²) in [6.45, 7) is 1.33. The van der Waals surface area contributed by atoms with Crippen molar-refractivity contribution in [3.05, 3.63) is 12.3 Å². The molecule has 0 amide bonds. The van der Waals surface area contributed by atoms with Gasteiger partial charge in [-0.3, -0.25) is 0 Å². The first-order chi connectivity index (χ1) is 8.13. The van der Waals surface area contributed by atoms with Gasteiger partial charge in [0, 0.05) is 33.9 Å². The first-order valence-corrected chi connectivity index (χ1v) is 5.94. The third kappa shape index (κ3) is 5.19. The summed E-state index contributed by atoms with van der Waals surface area (Å²) in [4.78, 5) is 10.3. The van der Waals surface area contributed by atoms with Crippen LogP contribution >= 0.6 is 11.6 Å². The van der Waals surface area contributed by atoms with E-state index in [9.17, 15) is 0 Å². The molecule has 5 nitrogen and oxygen atoms in total. The zero-order valence-electron chi connectivity index (χ0n) is 10.5. The van der Waals surface area contributed by atoms with E-state index in [1.165, 1.54) is 0 Å². The van der Waals surface area contributed by atoms with Gasteiger partial charge in [0.15, 0.2) is 0 Å². The maximum Gasteiger partial charge on any atom is 0.226 e. The SMILES string of the molecule is COCC(Cl)CCNc1ccnc(N(C)C)n1. The second-order valence-corrected chi connectivity index (χ2v) is 4.52. The Morgan fingerprint density at radius 2 is 2.29 bits per heavy atom. The van der Waals surface area contributed by atoms with Crippen molar-refractivity contribution in [2.24, 2.45) is 0 Å². The maximum absolute atomic E-state index is 6.02. The maximum atomic E-state index is 6.02. The quantitative estimate of drug-likeness (QED) is 0.753. The molecule has 1 aromatic rings. The third-order valence-electron chi connectivity index (χ3n) is 2.15. The molecule has 0 spiro atoms. The smallest absolute Gasteiger partial charge is 0.226 e. The summed E-state index contributed by atoms with van der Waals surface area (Å²) < 4.78 is 4.96. The summed E-state index contributed by atoms with van der Waals surface area (Å²) in [6, 6.07) is 1.84. The minimum atomic E-state index is 0.0302. The van der Waals surface area contributed by atoms with E-state index in [0.29, 0.717) is 12.6 Å². The normalized spacial score (nSPS) is 12.2. The Morgan fingerprint density at radius 3 is 2.94 bits per heavy atom. The van der Waals surface area contributed by atoms with Crippen LogP contribution in [0, 0.1) is 0 Å². The van der Waals surface area contributed by atoms with Gasteiger partial charge in [-0.05, 0) is 12.5 Å². The number of rotatable bonds is 7. The number of hydrogen-bond acceptors (Lipinski definition) is 5. The van der Waals surface area contributed by atoms with Crippen LogP contribution in [0.15, 0.2) is 12.3 Å². The number of aromatic nitrogens is 2. The topological polar surface area (TPSA) is 50.3 Å². The van der Waals surface area contributed by atoms with E-state index >= 15 is 0 Å². The molecular formula is C11H19ClN4O. The van der Waals surface area contributed by atoms with Gasteiger partial charge in [0.1, 0.15) is 5.82 Å². The van der Waals surface area contributed by atoms with Crippen LogP contribution in [0.4, 0.5) is 11.8 Å². The van der Waals surface area contributed by atoms with Gasteiger partial charge < -0.3 is 15.0 Å². The number of alkyl halides is 1. The largest absolute Gasteiger partial charge is 0.383 e. The number of nitrogens with zero attached hydrogens (tertiary/aromatic N) is 3. The van der Waals surface area contributed by atoms with Gasteiger partial charge in [0.2, 0.25) is 5.95 Å². The number of ether oxygens (including phenoxy) is 1. The Bertz CT molecular complexity index is 335. The lowest BCUT2D eigenvalue weighted by molar-refractivity contribution is 0.196. The van der Waals surface area contributed by atoms with Crippen molar-refractivity contribution in [1.29, 1.82) is 0 Å². The summed E-state index contributed by atoms with van der Waals surface area (Å²) >= 11 is 6.02. The number of halogens is 1. The van der Waals surface area contributed by atoms with Crippen molar-refractivity contribution >= 4 is 23.4 Å². The Kier molecular flexibility index (Phi) is 6.00. The van der Waals surface area contributed by atoms with Gasteiger partial charge in [0.25, 0.3) is 0 Å². The highest BCUT2D eigenvalue weighted by molar-refractivity contribution is 6.20. The first-order valence-electron chi connectivity index (χ1n) is 5.50. The highest BCUT2D eigenvalue weighted by Gasteiger charge is 2.04. The lowest BCUT2D eigenvalue weighted by atomic mass is 10.3. The monoisotopic (exact) mass is 258 g/mol. The standard InChI is InChI=1S/C11H19ClN4O/c1-16(2)11-14-7-5-10(15-11)13-6-4-9(12)8-17-3/h5,7,9H,4,6,8H2,1-3H3,(H,13,14,15). The van der Waals surface area contributed by atoms with Gasteiger partial charge in [0.05, 0.1) is 12.0 Å². The van der Waals surface area contributed by atoms with Crippen molar-refractivity contribution in [2.75, 3.05) is 44.6 Å². The fraction of sp³-hybridized carbons (Fsp3) is 0.636. The highest BCUT2D eigenvalue weighted by Crippen LogP contribution is 2.09. The molecule has 96 valence electrons. The van der Waals surface area contributed by atoms with E-state index in [-0.39, 0.29) is 5.38 Å². The third-order valence-corrected chi connectivity index (χ3v) is 2.50. The summed E-state index contributed by atoms with van der Waals surface area (Å²) in [7, 11) is 5.47. The van der Waals surface area contributed by atoms with Crippen molar-refractivity contribution < 1.29 is 4.74 Å². The molecule has 0 fully saturated rings. The van der Waals surface area contributed by atoms with Crippen LogP contribution in [0.5, 0.6) is 0 Å². The molecule has 0 aliphatic carbocycles. The summed E-state index contributed by atoms with van der Waals surface area (Å²) in [6.07, 6.45) is 2.56. The zero-order valence-corrected chi connectivity index (χ0v) is 11.2. The average molecular weight is 259 g/mol. The molecule has 6 heteroatoms. The van der Waals surface area contributed by atoms with E-state index in [1.54, 1.807) is 13.3 Å². The lowest BCUT2D eigenvalue weighted by Crippen LogP contribution is -2.16. The zero-order chi connectivity index (χ0) is 12.7. The Balaban J connectivity index is 2.38. The fourth-order valence-corrected chi connectivity index (χ4v) is 1.52. The van der Waals surface area contributed by atoms with E-state index < -0.39 is 0 Å². The second-order valence-electron chi connectivity index (χ2n) is 3.90. The van der Waals surface area contributed by atoms with Crippen LogP contribution in [-0.2, 0) is 4.74 Å². The average Bonchev–Trinajstić information content (AvgIpc) is 2.30. The lowest BCUT2D eigenvalue weighted by Gasteiger charge is -2.12. The molecule has 0 aromatic carbocycles. The van der Waals surface area contributed by atoms with Crippen LogP contribution in [0.1, 0.15) is 6.42 Å². The van der Waals surface area contributed by atoms with Crippen molar-refractivity contribution in [2.45, 2.75) is 11.8 Å². The van der Waals surface area contributed by atoms with Gasteiger partial charge in [-0.2, -0.15) is 4.98 Å². The molecule has 17 heavy (non-hydrogen) atoms. The second kappa shape index (κ2) is 7.29. The molecule has 0 aliphatic heterocycles. The van der Waals surface area contributed by atoms with Crippen molar-refractivity contribution in [3.63, 3.8) is 0 Å². The molecule has 0 radical (unpaired) electrons. The molecule has 1 unspecified atom stereocenters. The van der Waals surface area contributed by atoms with E-state index in [4.69, 9.17) is 16.3 Å². The van der Waals surface area contributed by atoms with Crippen LogP contribution in [0.2, 0.25) is 0 Å². The minimum Gasteiger partial charge on any atom is -0.383 e. The van der Waals surface area contributed by atoms with Crippen LogP contribution < -0.4 is 10.2 Å². The Hall–Kier alpha value is -1.07. The van der Waals surface area contributed by atoms with Crippen LogP contribution in [0.3, 0.4) is 0 Å². The van der Waals surface area contributed by atoms with Crippen molar-refractivity contribution in [1.82, 2.24) is 9.97 Å². The summed E-state index contributed by atoms with van der Waals surface area (Å²) in [5, 5.41) is 3.24. The minimum absolute atomic E-state index is 0.0302. The van der Waals surface area contributed by atoms with E-state index in [0.717, 1.165) is 18.8 Å². The molecule has 0 aliphatic rings. The molecular weight excluding hydrogens is 240 g/mol. The Labute approximate surface area is 107 Å². The van der Waals surface area contributed by atoms with Gasteiger partial charge in [-0.25, -0.2) is 4.98 Å². The van der Waals surface area contributed by atoms with Crippen LogP contribution in [0.25, 0.3) is 0 Å². The van der Waals surface area contributed by atoms with Crippen molar-refractivity contribution in [3.8, 4) is 0 Å². The molecule has 1 atom stereocenters. The molecule has 1 aromatic heterocycles. The molecule has 1 heterocycles. The van der Waals surface area contributed by atoms with E-state index in [1.807, 2.05) is 25.1 Å². The summed E-state index contributed by atoms with van der Waals surface area (Å²) in [5.74, 6) is 1.50. The van der Waals surface area contributed by atoms with Gasteiger partial charge in [-0.15, -0.1) is 11.6 Å². The Morgan fingerprint density at radius 1 is 1.53 bits per heavy atom. The number of methoxy groups -OCH3 is 1. The fourth-order valence-electron chi connectivity index (χ4n) is 1.28. The summed E-state index contributed by atoms with van der Waals surface area (Å²) in [5.41, 5.74) is 0. The van der Waals surface area contributed by atoms with E-state index in [2.05, 4.69) is 15.3 Å².